The molecule has 0 aliphatic carbocycles. The SMILES string of the molecule is Fc1cc(F)c(-c2nc3occn3c2-c2ccc3[nH]ncc3c2)cc1F. The monoisotopic (exact) mass is 354 g/mol. The molecule has 5 rings (SSSR count). The van der Waals surface area contributed by atoms with Gasteiger partial charge in [0.05, 0.1) is 17.4 Å². The Bertz CT molecular complexity index is 1280. The van der Waals surface area contributed by atoms with Crippen molar-refractivity contribution in [2.75, 3.05) is 0 Å². The highest BCUT2D eigenvalue weighted by Gasteiger charge is 2.22. The molecular weight excluding hydrogens is 345 g/mol. The molecule has 0 radical (unpaired) electrons. The van der Waals surface area contributed by atoms with Crippen molar-refractivity contribution in [2.45, 2.75) is 0 Å². The molecule has 3 heterocycles. The van der Waals surface area contributed by atoms with Crippen molar-refractivity contribution in [3.8, 4) is 22.5 Å². The molecule has 26 heavy (non-hydrogen) atoms. The number of nitrogens with one attached hydrogen (secondary N) is 1. The van der Waals surface area contributed by atoms with E-state index in [1.165, 1.54) is 6.26 Å². The molecule has 0 spiro atoms. The van der Waals surface area contributed by atoms with E-state index in [2.05, 4.69) is 15.2 Å². The molecule has 2 aromatic carbocycles. The lowest BCUT2D eigenvalue weighted by molar-refractivity contribution is 0.496. The Balaban J connectivity index is 1.83. The summed E-state index contributed by atoms with van der Waals surface area (Å²) in [5.74, 6) is -3.10. The molecule has 8 heteroatoms. The summed E-state index contributed by atoms with van der Waals surface area (Å²) in [4.78, 5) is 4.26. The maximum absolute atomic E-state index is 14.3. The minimum absolute atomic E-state index is 0.148. The zero-order chi connectivity index (χ0) is 17.8. The number of oxazole rings is 1. The fraction of sp³-hybridized carbons (Fsp3) is 0. The summed E-state index contributed by atoms with van der Waals surface area (Å²) in [7, 11) is 0. The van der Waals surface area contributed by atoms with Crippen LogP contribution in [0, 0.1) is 17.5 Å². The van der Waals surface area contributed by atoms with E-state index in [9.17, 15) is 13.2 Å². The van der Waals surface area contributed by atoms with Gasteiger partial charge in [0.15, 0.2) is 11.6 Å². The number of hydrogen-bond acceptors (Lipinski definition) is 3. The number of benzene rings is 2. The molecule has 128 valence electrons. The lowest BCUT2D eigenvalue weighted by Gasteiger charge is -2.07. The number of H-pyrrole nitrogens is 1. The van der Waals surface area contributed by atoms with Crippen LogP contribution in [0.15, 0.2) is 53.4 Å². The topological polar surface area (TPSA) is 59.1 Å². The first kappa shape index (κ1) is 14.8. The molecule has 0 amide bonds. The average molecular weight is 354 g/mol. The van der Waals surface area contributed by atoms with E-state index in [0.717, 1.165) is 17.0 Å². The first-order valence-corrected chi connectivity index (χ1v) is 7.66. The standard InChI is InChI=1S/C18H9F3N4O/c19-12-7-14(21)13(20)6-11(12)16-17(25-3-4-26-18(25)23-16)9-1-2-15-10(5-9)8-22-24-15/h1-8H,(H,22,24). The minimum Gasteiger partial charge on any atom is -0.432 e. The third-order valence-corrected chi connectivity index (χ3v) is 4.24. The average Bonchev–Trinajstić information content (AvgIpc) is 3.32. The Morgan fingerprint density at radius 2 is 1.85 bits per heavy atom. The maximum Gasteiger partial charge on any atom is 0.306 e. The first-order chi connectivity index (χ1) is 12.6. The zero-order valence-corrected chi connectivity index (χ0v) is 13.0. The summed E-state index contributed by atoms with van der Waals surface area (Å²) in [5, 5.41) is 7.67. The quantitative estimate of drug-likeness (QED) is 0.473. The van der Waals surface area contributed by atoms with E-state index < -0.39 is 17.5 Å². The molecule has 0 saturated carbocycles. The second-order valence-corrected chi connectivity index (χ2v) is 5.78. The largest absolute Gasteiger partial charge is 0.432 e. The van der Waals surface area contributed by atoms with E-state index in [1.807, 2.05) is 12.1 Å². The van der Waals surface area contributed by atoms with Gasteiger partial charge in [0, 0.05) is 28.8 Å². The van der Waals surface area contributed by atoms with E-state index in [4.69, 9.17) is 4.42 Å². The van der Waals surface area contributed by atoms with Crippen molar-refractivity contribution >= 4 is 16.7 Å². The lowest BCUT2D eigenvalue weighted by atomic mass is 10.0. The normalized spacial score (nSPS) is 11.7. The number of fused-ring (bicyclic) bond motifs is 2. The lowest BCUT2D eigenvalue weighted by Crippen LogP contribution is -1.94. The van der Waals surface area contributed by atoms with Crippen LogP contribution in [0.2, 0.25) is 0 Å². The van der Waals surface area contributed by atoms with Gasteiger partial charge in [0.1, 0.15) is 17.8 Å². The van der Waals surface area contributed by atoms with Crippen molar-refractivity contribution < 1.29 is 17.6 Å². The Labute approximate surface area is 143 Å². The van der Waals surface area contributed by atoms with Gasteiger partial charge in [0.25, 0.3) is 0 Å². The van der Waals surface area contributed by atoms with Crippen LogP contribution in [0.3, 0.4) is 0 Å². The summed E-state index contributed by atoms with van der Waals surface area (Å²) in [6.45, 7) is 0. The van der Waals surface area contributed by atoms with Crippen LogP contribution in [-0.4, -0.2) is 19.6 Å². The predicted octanol–water partition coefficient (Wildman–Crippen LogP) is 4.55. The summed E-state index contributed by atoms with van der Waals surface area (Å²) in [5.41, 5.74) is 2.05. The Hall–Kier alpha value is -3.55. The molecule has 5 nitrogen and oxygen atoms in total. The molecule has 0 atom stereocenters. The van der Waals surface area contributed by atoms with Crippen molar-refractivity contribution in [2.24, 2.45) is 0 Å². The Kier molecular flexibility index (Phi) is 2.96. The van der Waals surface area contributed by atoms with Crippen LogP contribution in [0.1, 0.15) is 0 Å². The summed E-state index contributed by atoms with van der Waals surface area (Å²) in [6.07, 6.45) is 4.72. The fourth-order valence-corrected chi connectivity index (χ4v) is 3.04. The number of hydrogen-bond donors (Lipinski definition) is 1. The fourth-order valence-electron chi connectivity index (χ4n) is 3.04. The number of rotatable bonds is 2. The molecule has 1 N–H and O–H groups in total. The summed E-state index contributed by atoms with van der Waals surface area (Å²) < 4.78 is 48.3. The van der Waals surface area contributed by atoms with Gasteiger partial charge in [-0.2, -0.15) is 10.1 Å². The molecule has 0 bridgehead atoms. The van der Waals surface area contributed by atoms with Gasteiger partial charge in [-0.25, -0.2) is 13.2 Å². The van der Waals surface area contributed by atoms with Gasteiger partial charge in [-0.05, 0) is 18.2 Å². The van der Waals surface area contributed by atoms with Gasteiger partial charge < -0.3 is 4.42 Å². The van der Waals surface area contributed by atoms with Crippen molar-refractivity contribution in [3.63, 3.8) is 0 Å². The molecular formula is C18H9F3N4O. The zero-order valence-electron chi connectivity index (χ0n) is 13.0. The van der Waals surface area contributed by atoms with E-state index >= 15 is 0 Å². The number of aromatic nitrogens is 4. The molecule has 5 aromatic rings. The Morgan fingerprint density at radius 3 is 2.73 bits per heavy atom. The van der Waals surface area contributed by atoms with Crippen molar-refractivity contribution in [1.29, 1.82) is 0 Å². The maximum atomic E-state index is 14.3. The molecule has 0 aliphatic rings. The third-order valence-electron chi connectivity index (χ3n) is 4.24. The van der Waals surface area contributed by atoms with Crippen LogP contribution in [0.25, 0.3) is 39.3 Å². The Morgan fingerprint density at radius 1 is 1.00 bits per heavy atom. The number of imidazole rings is 1. The minimum atomic E-state index is -1.25. The van der Waals surface area contributed by atoms with Gasteiger partial charge >= 0.3 is 5.84 Å². The van der Waals surface area contributed by atoms with E-state index in [-0.39, 0.29) is 17.1 Å². The summed E-state index contributed by atoms with van der Waals surface area (Å²) in [6, 6.07) is 6.78. The third kappa shape index (κ3) is 2.05. The predicted molar refractivity (Wildman–Crippen MR) is 87.9 cm³/mol. The van der Waals surface area contributed by atoms with Gasteiger partial charge in [-0.3, -0.25) is 9.50 Å². The summed E-state index contributed by atoms with van der Waals surface area (Å²) >= 11 is 0. The highest BCUT2D eigenvalue weighted by atomic mass is 19.2. The van der Waals surface area contributed by atoms with Gasteiger partial charge in [0.2, 0.25) is 0 Å². The highest BCUT2D eigenvalue weighted by Crippen LogP contribution is 2.36. The smallest absolute Gasteiger partial charge is 0.306 e. The molecule has 0 fully saturated rings. The highest BCUT2D eigenvalue weighted by molar-refractivity contribution is 5.88. The number of halogens is 3. The van der Waals surface area contributed by atoms with E-state index in [1.54, 1.807) is 22.9 Å². The second-order valence-electron chi connectivity index (χ2n) is 5.78. The van der Waals surface area contributed by atoms with Crippen LogP contribution in [-0.2, 0) is 0 Å². The van der Waals surface area contributed by atoms with Crippen molar-refractivity contribution in [3.05, 3.63) is 66.4 Å². The second kappa shape index (κ2) is 5.22. The molecule has 0 aliphatic heterocycles. The first-order valence-electron chi connectivity index (χ1n) is 7.66. The van der Waals surface area contributed by atoms with Crippen molar-refractivity contribution in [1.82, 2.24) is 19.6 Å². The number of nitrogens with zero attached hydrogens (tertiary/aromatic N) is 3. The van der Waals surface area contributed by atoms with Crippen LogP contribution in [0.5, 0.6) is 0 Å². The van der Waals surface area contributed by atoms with Gasteiger partial charge in [-0.15, -0.1) is 0 Å². The number of aromatic amines is 1. The molecule has 3 aromatic heterocycles. The van der Waals surface area contributed by atoms with Gasteiger partial charge in [-0.1, -0.05) is 6.07 Å². The van der Waals surface area contributed by atoms with Crippen LogP contribution >= 0.6 is 0 Å². The molecule has 0 saturated heterocycles. The van der Waals surface area contributed by atoms with Crippen LogP contribution < -0.4 is 0 Å². The van der Waals surface area contributed by atoms with E-state index in [0.29, 0.717) is 17.3 Å². The molecule has 0 unspecified atom stereocenters. The van der Waals surface area contributed by atoms with Crippen LogP contribution in [0.4, 0.5) is 13.2 Å².